The summed E-state index contributed by atoms with van der Waals surface area (Å²) in [7, 11) is 0. The van der Waals surface area contributed by atoms with Crippen LogP contribution in [0.3, 0.4) is 0 Å². The van der Waals surface area contributed by atoms with Gasteiger partial charge in [-0.2, -0.15) is 0 Å². The van der Waals surface area contributed by atoms with Gasteiger partial charge in [0.15, 0.2) is 49.1 Å². The van der Waals surface area contributed by atoms with Crippen molar-refractivity contribution in [3.8, 4) is 22.5 Å². The summed E-state index contributed by atoms with van der Waals surface area (Å²) in [5.74, 6) is -6.08. The van der Waals surface area contributed by atoms with Crippen LogP contribution in [0.5, 0.6) is 0 Å². The monoisotopic (exact) mass is 872 g/mol. The molecule has 2 fully saturated rings. The molecule has 0 radical (unpaired) electrons. The van der Waals surface area contributed by atoms with Crippen LogP contribution in [-0.2, 0) is 85.7 Å². The van der Waals surface area contributed by atoms with E-state index in [9.17, 15) is 38.4 Å². The summed E-state index contributed by atoms with van der Waals surface area (Å²) in [5, 5.41) is 16.8. The smallest absolute Gasteiger partial charge is 0.303 e. The molecule has 4 heterocycles. The number of carbonyl (C=O) groups excluding carboxylic acids is 8. The lowest BCUT2D eigenvalue weighted by molar-refractivity contribution is -0.270. The van der Waals surface area contributed by atoms with Crippen molar-refractivity contribution in [3.63, 3.8) is 0 Å². The van der Waals surface area contributed by atoms with E-state index in [0.29, 0.717) is 22.5 Å². The van der Waals surface area contributed by atoms with Crippen molar-refractivity contribution in [3.05, 3.63) is 36.7 Å². The Balaban J connectivity index is 1.44. The highest BCUT2D eigenvalue weighted by Crippen LogP contribution is 2.37. The Morgan fingerprint density at radius 1 is 0.452 bits per heavy atom. The number of esters is 8. The van der Waals surface area contributed by atoms with Gasteiger partial charge in [-0.15, -0.1) is 10.2 Å². The van der Waals surface area contributed by atoms with E-state index in [1.54, 1.807) is 24.3 Å². The summed E-state index contributed by atoms with van der Waals surface area (Å²) in [6.45, 7) is 8.11. The molecule has 24 nitrogen and oxygen atoms in total. The van der Waals surface area contributed by atoms with Crippen LogP contribution in [0.4, 0.5) is 0 Å². The molecule has 2 aliphatic heterocycles. The molecular weight excluding hydrogens is 828 g/mol. The van der Waals surface area contributed by atoms with Gasteiger partial charge in [-0.25, -0.2) is 9.36 Å². The fraction of sp³-hybridized carbons (Fsp3) is 0.526. The van der Waals surface area contributed by atoms with Crippen molar-refractivity contribution in [1.29, 1.82) is 0 Å². The molecule has 10 atom stereocenters. The van der Waals surface area contributed by atoms with E-state index in [2.05, 4.69) is 20.6 Å². The van der Waals surface area contributed by atoms with E-state index in [1.165, 1.54) is 21.8 Å². The maximum Gasteiger partial charge on any atom is 0.303 e. The largest absolute Gasteiger partial charge is 0.463 e. The van der Waals surface area contributed by atoms with Crippen LogP contribution in [0, 0.1) is 0 Å². The average Bonchev–Trinajstić information content (AvgIpc) is 3.87. The third kappa shape index (κ3) is 11.7. The number of carbonyl (C=O) groups is 8. The van der Waals surface area contributed by atoms with Gasteiger partial charge in [0.25, 0.3) is 0 Å². The summed E-state index contributed by atoms with van der Waals surface area (Å²) in [6, 6.07) is 6.68. The zero-order valence-electron chi connectivity index (χ0n) is 34.7. The molecule has 0 saturated carbocycles. The van der Waals surface area contributed by atoms with Gasteiger partial charge in [0.1, 0.15) is 36.8 Å². The molecule has 3 aromatic rings. The van der Waals surface area contributed by atoms with Crippen molar-refractivity contribution < 1.29 is 85.7 Å². The van der Waals surface area contributed by atoms with E-state index < -0.39 is 122 Å². The maximum absolute atomic E-state index is 12.3. The third-order valence-electron chi connectivity index (χ3n) is 8.95. The minimum absolute atomic E-state index is 0.297. The molecule has 2 aliphatic rings. The number of aromatic nitrogens is 6. The Labute approximate surface area is 352 Å². The molecular formula is C38H44N6O18. The lowest BCUT2D eigenvalue weighted by Gasteiger charge is -2.44. The second kappa shape index (κ2) is 20.2. The van der Waals surface area contributed by atoms with Gasteiger partial charge >= 0.3 is 47.8 Å². The molecule has 0 unspecified atom stereocenters. The van der Waals surface area contributed by atoms with E-state index in [1.807, 2.05) is 0 Å². The van der Waals surface area contributed by atoms with Gasteiger partial charge in [0.05, 0.1) is 12.4 Å². The van der Waals surface area contributed by atoms with E-state index in [0.717, 1.165) is 55.4 Å². The van der Waals surface area contributed by atoms with E-state index in [-0.39, 0.29) is 0 Å². The summed E-state index contributed by atoms with van der Waals surface area (Å²) in [4.78, 5) is 96.8. The van der Waals surface area contributed by atoms with Crippen LogP contribution in [-0.4, -0.2) is 140 Å². The van der Waals surface area contributed by atoms with Gasteiger partial charge in [-0.05, 0) is 0 Å². The molecule has 0 N–H and O–H groups in total. The first kappa shape index (κ1) is 46.2. The highest BCUT2D eigenvalue weighted by atomic mass is 16.7. The Bertz CT molecular complexity index is 2010. The Hall–Kier alpha value is -6.82. The average molecular weight is 873 g/mol. The second-order valence-corrected chi connectivity index (χ2v) is 13.9. The van der Waals surface area contributed by atoms with Crippen LogP contribution in [0.15, 0.2) is 36.7 Å². The molecule has 2 aromatic heterocycles. The lowest BCUT2D eigenvalue weighted by atomic mass is 9.97. The quantitative estimate of drug-likeness (QED) is 0.159. The zero-order valence-corrected chi connectivity index (χ0v) is 34.7. The van der Waals surface area contributed by atoms with Gasteiger partial charge < -0.3 is 47.4 Å². The van der Waals surface area contributed by atoms with Gasteiger partial charge in [-0.3, -0.25) is 38.4 Å². The Kier molecular flexibility index (Phi) is 15.0. The molecule has 334 valence electrons. The van der Waals surface area contributed by atoms with Crippen molar-refractivity contribution >= 4 is 47.8 Å². The summed E-state index contributed by atoms with van der Waals surface area (Å²) in [5.41, 5.74) is 1.64. The minimum atomic E-state index is -1.43. The van der Waals surface area contributed by atoms with E-state index in [4.69, 9.17) is 47.4 Å². The topological polar surface area (TPSA) is 290 Å². The normalized spacial score (nSPS) is 25.6. The number of hydrogen-bond acceptors (Lipinski definition) is 22. The Morgan fingerprint density at radius 3 is 1.03 bits per heavy atom. The number of ether oxygens (including phenoxy) is 10. The first-order chi connectivity index (χ1) is 29.3. The van der Waals surface area contributed by atoms with Gasteiger partial charge in [-0.1, -0.05) is 34.7 Å². The Morgan fingerprint density at radius 2 is 0.742 bits per heavy atom. The summed E-state index contributed by atoms with van der Waals surface area (Å²) < 4.78 is 58.0. The molecule has 0 spiro atoms. The minimum Gasteiger partial charge on any atom is -0.463 e. The molecule has 62 heavy (non-hydrogen) atoms. The third-order valence-corrected chi connectivity index (χ3v) is 8.95. The lowest BCUT2D eigenvalue weighted by Crippen LogP contribution is -2.60. The highest BCUT2D eigenvalue weighted by molar-refractivity contribution is 5.70. The van der Waals surface area contributed by atoms with Crippen LogP contribution in [0.25, 0.3) is 22.5 Å². The molecule has 0 bridgehead atoms. The van der Waals surface area contributed by atoms with Crippen molar-refractivity contribution in [2.75, 3.05) is 13.2 Å². The van der Waals surface area contributed by atoms with Crippen molar-refractivity contribution in [2.24, 2.45) is 0 Å². The highest BCUT2D eigenvalue weighted by Gasteiger charge is 2.54. The van der Waals surface area contributed by atoms with Crippen LogP contribution >= 0.6 is 0 Å². The first-order valence-electron chi connectivity index (χ1n) is 18.9. The standard InChI is InChI=1S/C38H44N6O18/c1-17(45)53-15-29-31(55-19(3)47)33(57-21(5)49)35(59-23(7)51)37(61-29)43-13-27(39-41-43)25-9-11-26(12-10-25)28-14-44(42-40-28)38-36(60-24(8)52)34(58-22(6)50)32(56-20(4)48)30(62-38)16-54-18(2)46/h9-14,29-38H,15-16H2,1-8H3/t29-,30-,31-,32-,33-,34+,35-,36+,37+,38+/m1/s1. The van der Waals surface area contributed by atoms with Crippen molar-refractivity contribution in [1.82, 2.24) is 30.0 Å². The van der Waals surface area contributed by atoms with Crippen LogP contribution < -0.4 is 0 Å². The summed E-state index contributed by atoms with van der Waals surface area (Å²) in [6.07, 6.45) is -10.6. The molecule has 0 amide bonds. The van der Waals surface area contributed by atoms with Gasteiger partial charge in [0.2, 0.25) is 0 Å². The number of hydrogen-bond donors (Lipinski definition) is 0. The fourth-order valence-corrected chi connectivity index (χ4v) is 6.72. The van der Waals surface area contributed by atoms with Crippen LogP contribution in [0.1, 0.15) is 67.8 Å². The number of nitrogens with zero attached hydrogens (tertiary/aromatic N) is 6. The van der Waals surface area contributed by atoms with E-state index >= 15 is 0 Å². The van der Waals surface area contributed by atoms with Gasteiger partial charge in [0, 0.05) is 66.5 Å². The van der Waals surface area contributed by atoms with Crippen LogP contribution in [0.2, 0.25) is 0 Å². The molecule has 24 heteroatoms. The predicted molar refractivity (Wildman–Crippen MR) is 199 cm³/mol. The fourth-order valence-electron chi connectivity index (χ4n) is 6.72. The first-order valence-corrected chi connectivity index (χ1v) is 18.9. The predicted octanol–water partition coefficient (Wildman–Crippen LogP) is 0.715. The molecule has 1 aromatic carbocycles. The number of benzene rings is 1. The zero-order chi connectivity index (χ0) is 45.4. The van der Waals surface area contributed by atoms with Crippen molar-refractivity contribution in [2.45, 2.75) is 117 Å². The SMILES string of the molecule is CC(=O)OC[C@H]1O[C@H](n2cc(-c3ccc(-c4cn([C@H]5O[C@H](COC(C)=O)[C@@H](OC(C)=O)[C@H](OC(C)=O)[C@@H]5OC(C)=O)nn4)cc3)nn2)[C@H](OC(C)=O)[C@H](OC(C)=O)[C@@H]1OC(C)=O. The second-order valence-electron chi connectivity index (χ2n) is 13.9. The summed E-state index contributed by atoms with van der Waals surface area (Å²) >= 11 is 0. The number of rotatable bonds is 14. The molecule has 2 saturated heterocycles. The maximum atomic E-state index is 12.3. The molecule has 0 aliphatic carbocycles. The molecule has 5 rings (SSSR count).